The summed E-state index contributed by atoms with van der Waals surface area (Å²) in [7, 11) is -3.16. The van der Waals surface area contributed by atoms with E-state index < -0.39 is 10.0 Å². The van der Waals surface area contributed by atoms with E-state index in [-0.39, 0.29) is 11.7 Å². The van der Waals surface area contributed by atoms with E-state index >= 15 is 0 Å². The Balaban J connectivity index is 1.93. The number of sulfonamides is 1. The topological polar surface area (TPSA) is 49.4 Å². The summed E-state index contributed by atoms with van der Waals surface area (Å²) < 4.78 is 26.7. The lowest BCUT2D eigenvalue weighted by atomic mass is 10.0. The van der Waals surface area contributed by atoms with E-state index in [0.717, 1.165) is 24.9 Å². The van der Waals surface area contributed by atoms with Crippen molar-refractivity contribution in [3.8, 4) is 0 Å². The molecule has 0 radical (unpaired) electrons. The van der Waals surface area contributed by atoms with Crippen molar-refractivity contribution in [1.29, 1.82) is 0 Å². The fourth-order valence-corrected chi connectivity index (χ4v) is 4.73. The summed E-state index contributed by atoms with van der Waals surface area (Å²) in [6, 6.07) is 10.3. The van der Waals surface area contributed by atoms with Gasteiger partial charge in [0.1, 0.15) is 0 Å². The largest absolute Gasteiger partial charge is 0.314 e. The average Bonchev–Trinajstić information content (AvgIpc) is 2.48. The van der Waals surface area contributed by atoms with Gasteiger partial charge in [-0.05, 0) is 30.9 Å². The molecular weight excluding hydrogens is 284 g/mol. The Bertz CT molecular complexity index is 522. The van der Waals surface area contributed by atoms with Gasteiger partial charge in [0.2, 0.25) is 10.0 Å². The van der Waals surface area contributed by atoms with Gasteiger partial charge in [0.25, 0.3) is 0 Å². The second-order valence-electron chi connectivity index (χ2n) is 5.82. The lowest BCUT2D eigenvalue weighted by Gasteiger charge is -2.32. The van der Waals surface area contributed by atoms with Crippen molar-refractivity contribution in [1.82, 2.24) is 9.62 Å². The van der Waals surface area contributed by atoms with Gasteiger partial charge in [-0.2, -0.15) is 0 Å². The molecule has 0 saturated carbocycles. The average molecular weight is 310 g/mol. The third-order valence-electron chi connectivity index (χ3n) is 4.17. The predicted molar refractivity (Wildman–Crippen MR) is 86.9 cm³/mol. The van der Waals surface area contributed by atoms with Crippen molar-refractivity contribution in [2.45, 2.75) is 38.6 Å². The van der Waals surface area contributed by atoms with Crippen molar-refractivity contribution in [2.75, 3.05) is 25.4 Å². The van der Waals surface area contributed by atoms with E-state index in [2.05, 4.69) is 12.2 Å². The van der Waals surface area contributed by atoms with Gasteiger partial charge in [-0.3, -0.25) is 0 Å². The normalized spacial score (nSPS) is 19.5. The molecule has 0 bridgehead atoms. The minimum atomic E-state index is -3.16. The van der Waals surface area contributed by atoms with Crippen LogP contribution in [0.3, 0.4) is 0 Å². The predicted octanol–water partition coefficient (Wildman–Crippen LogP) is 2.19. The first-order valence-electron chi connectivity index (χ1n) is 7.79. The monoisotopic (exact) mass is 310 g/mol. The van der Waals surface area contributed by atoms with Crippen molar-refractivity contribution >= 4 is 10.0 Å². The number of nitrogens with one attached hydrogen (secondary N) is 1. The minimum absolute atomic E-state index is 0.0303. The molecule has 1 aromatic carbocycles. The molecule has 0 spiro atoms. The van der Waals surface area contributed by atoms with Crippen molar-refractivity contribution in [2.24, 2.45) is 0 Å². The van der Waals surface area contributed by atoms with Gasteiger partial charge in [0, 0.05) is 19.1 Å². The van der Waals surface area contributed by atoms with E-state index in [4.69, 9.17) is 0 Å². The van der Waals surface area contributed by atoms with E-state index in [1.54, 1.807) is 4.31 Å². The summed E-state index contributed by atoms with van der Waals surface area (Å²) in [5, 5.41) is 3.40. The maximum atomic E-state index is 12.5. The molecule has 1 N–H and O–H groups in total. The van der Waals surface area contributed by atoms with Crippen LogP contribution in [0.5, 0.6) is 0 Å². The summed E-state index contributed by atoms with van der Waals surface area (Å²) in [5.41, 5.74) is 1.09. The lowest BCUT2D eigenvalue weighted by Crippen LogP contribution is -2.45. The van der Waals surface area contributed by atoms with Gasteiger partial charge in [0.15, 0.2) is 0 Å². The number of piperidine rings is 1. The summed E-state index contributed by atoms with van der Waals surface area (Å²) in [5.74, 6) is 0.228. The highest BCUT2D eigenvalue weighted by Gasteiger charge is 2.29. The Labute approximate surface area is 128 Å². The van der Waals surface area contributed by atoms with Crippen LogP contribution in [0.1, 0.15) is 38.2 Å². The third-order valence-corrected chi connectivity index (χ3v) is 6.24. The number of nitrogens with zero attached hydrogens (tertiary/aromatic N) is 1. The zero-order valence-corrected chi connectivity index (χ0v) is 13.8. The number of hydrogen-bond acceptors (Lipinski definition) is 3. The van der Waals surface area contributed by atoms with E-state index in [0.29, 0.717) is 19.1 Å². The molecule has 1 aliphatic rings. The van der Waals surface area contributed by atoms with Crippen molar-refractivity contribution in [3.05, 3.63) is 35.9 Å². The Morgan fingerprint density at radius 1 is 1.24 bits per heavy atom. The summed E-state index contributed by atoms with van der Waals surface area (Å²) in [6.45, 7) is 6.30. The maximum absolute atomic E-state index is 12.5. The Kier molecular flexibility index (Phi) is 5.79. The zero-order chi connectivity index (χ0) is 15.3. The van der Waals surface area contributed by atoms with Gasteiger partial charge in [-0.1, -0.05) is 44.2 Å². The first-order chi connectivity index (χ1) is 10.0. The second kappa shape index (κ2) is 7.38. The molecule has 1 atom stereocenters. The molecule has 1 aromatic rings. The molecule has 0 amide bonds. The highest BCUT2D eigenvalue weighted by molar-refractivity contribution is 7.89. The Hall–Kier alpha value is -0.910. The van der Waals surface area contributed by atoms with Crippen LogP contribution >= 0.6 is 0 Å². The number of hydrogen-bond donors (Lipinski definition) is 1. The molecule has 1 aliphatic heterocycles. The van der Waals surface area contributed by atoms with Crippen LogP contribution in [0.2, 0.25) is 0 Å². The SMILES string of the molecule is CCNC1CCN(S(=O)(=O)CC(C)c2ccccc2)CC1. The van der Waals surface area contributed by atoms with Crippen molar-refractivity contribution < 1.29 is 8.42 Å². The van der Waals surface area contributed by atoms with Crippen LogP contribution in [-0.4, -0.2) is 44.2 Å². The molecule has 1 fully saturated rings. The van der Waals surface area contributed by atoms with E-state index in [9.17, 15) is 8.42 Å². The Morgan fingerprint density at radius 2 is 1.86 bits per heavy atom. The first kappa shape index (κ1) is 16.5. The summed E-state index contributed by atoms with van der Waals surface area (Å²) in [4.78, 5) is 0. The van der Waals surface area contributed by atoms with Crippen LogP contribution in [0, 0.1) is 0 Å². The molecule has 1 saturated heterocycles. The highest BCUT2D eigenvalue weighted by atomic mass is 32.2. The van der Waals surface area contributed by atoms with Gasteiger partial charge in [0.05, 0.1) is 5.75 Å². The van der Waals surface area contributed by atoms with Crippen LogP contribution in [0.25, 0.3) is 0 Å². The van der Waals surface area contributed by atoms with Gasteiger partial charge in [-0.15, -0.1) is 0 Å². The Morgan fingerprint density at radius 3 is 2.43 bits per heavy atom. The second-order valence-corrected chi connectivity index (χ2v) is 7.83. The van der Waals surface area contributed by atoms with Crippen LogP contribution in [0.4, 0.5) is 0 Å². The fraction of sp³-hybridized carbons (Fsp3) is 0.625. The summed E-state index contributed by atoms with van der Waals surface area (Å²) >= 11 is 0. The number of rotatable bonds is 6. The van der Waals surface area contributed by atoms with Gasteiger partial charge in [-0.25, -0.2) is 12.7 Å². The van der Waals surface area contributed by atoms with Crippen molar-refractivity contribution in [3.63, 3.8) is 0 Å². The molecule has 0 aliphatic carbocycles. The zero-order valence-electron chi connectivity index (χ0n) is 13.0. The van der Waals surface area contributed by atoms with Crippen LogP contribution in [0.15, 0.2) is 30.3 Å². The fourth-order valence-electron chi connectivity index (χ4n) is 2.93. The summed E-state index contributed by atoms with van der Waals surface area (Å²) in [6.07, 6.45) is 1.82. The molecule has 2 rings (SSSR count). The third kappa shape index (κ3) is 4.53. The lowest BCUT2D eigenvalue weighted by molar-refractivity contribution is 0.292. The maximum Gasteiger partial charge on any atom is 0.214 e. The number of benzene rings is 1. The highest BCUT2D eigenvalue weighted by Crippen LogP contribution is 2.21. The molecule has 21 heavy (non-hydrogen) atoms. The molecule has 1 heterocycles. The van der Waals surface area contributed by atoms with Gasteiger partial charge < -0.3 is 5.32 Å². The molecule has 0 aromatic heterocycles. The standard InChI is InChI=1S/C16H26N2O2S/c1-3-17-16-9-11-18(12-10-16)21(19,20)13-14(2)15-7-5-4-6-8-15/h4-8,14,16-17H,3,9-13H2,1-2H3. The van der Waals surface area contributed by atoms with Crippen LogP contribution < -0.4 is 5.32 Å². The molecular formula is C16H26N2O2S. The minimum Gasteiger partial charge on any atom is -0.314 e. The molecule has 4 nitrogen and oxygen atoms in total. The van der Waals surface area contributed by atoms with E-state index in [1.165, 1.54) is 0 Å². The molecule has 118 valence electrons. The molecule has 5 heteroatoms. The van der Waals surface area contributed by atoms with Crippen LogP contribution in [-0.2, 0) is 10.0 Å². The smallest absolute Gasteiger partial charge is 0.214 e. The van der Waals surface area contributed by atoms with Gasteiger partial charge >= 0.3 is 0 Å². The van der Waals surface area contributed by atoms with E-state index in [1.807, 2.05) is 37.3 Å². The molecule has 1 unspecified atom stereocenters. The first-order valence-corrected chi connectivity index (χ1v) is 9.40. The quantitative estimate of drug-likeness (QED) is 0.876.